The minimum atomic E-state index is 0.657. The topological polar surface area (TPSA) is 38.5 Å². The highest BCUT2D eigenvalue weighted by molar-refractivity contribution is 9.10. The SMILES string of the molecule is COCC1CCN(c2ccc(Br)cc2CCN)C1. The van der Waals surface area contributed by atoms with E-state index in [0.717, 1.165) is 30.6 Å². The van der Waals surface area contributed by atoms with Crippen LogP contribution in [0.15, 0.2) is 22.7 Å². The van der Waals surface area contributed by atoms with E-state index in [1.807, 2.05) is 0 Å². The summed E-state index contributed by atoms with van der Waals surface area (Å²) in [4.78, 5) is 2.46. The lowest BCUT2D eigenvalue weighted by atomic mass is 10.1. The van der Waals surface area contributed by atoms with Gasteiger partial charge in [0.15, 0.2) is 0 Å². The molecule has 0 amide bonds. The van der Waals surface area contributed by atoms with Crippen LogP contribution in [0.3, 0.4) is 0 Å². The summed E-state index contributed by atoms with van der Waals surface area (Å²) in [5.74, 6) is 0.657. The van der Waals surface area contributed by atoms with Gasteiger partial charge in [0.2, 0.25) is 0 Å². The highest BCUT2D eigenvalue weighted by Gasteiger charge is 2.23. The van der Waals surface area contributed by atoms with Crippen LogP contribution in [0.2, 0.25) is 0 Å². The Labute approximate surface area is 117 Å². The number of halogens is 1. The zero-order valence-corrected chi connectivity index (χ0v) is 12.4. The van der Waals surface area contributed by atoms with Gasteiger partial charge < -0.3 is 15.4 Å². The van der Waals surface area contributed by atoms with Crippen LogP contribution in [-0.2, 0) is 11.2 Å². The van der Waals surface area contributed by atoms with Crippen molar-refractivity contribution >= 4 is 21.6 Å². The van der Waals surface area contributed by atoms with Gasteiger partial charge in [-0.3, -0.25) is 0 Å². The highest BCUT2D eigenvalue weighted by Crippen LogP contribution is 2.29. The summed E-state index contributed by atoms with van der Waals surface area (Å²) >= 11 is 3.53. The first-order valence-corrected chi connectivity index (χ1v) is 7.26. The van der Waals surface area contributed by atoms with Gasteiger partial charge in [0.25, 0.3) is 0 Å². The predicted molar refractivity (Wildman–Crippen MR) is 79.1 cm³/mol. The molecule has 4 heteroatoms. The molecular formula is C14H21BrN2O. The largest absolute Gasteiger partial charge is 0.384 e. The summed E-state index contributed by atoms with van der Waals surface area (Å²) < 4.78 is 6.38. The fourth-order valence-corrected chi connectivity index (χ4v) is 3.05. The third-order valence-corrected chi connectivity index (χ3v) is 3.98. The molecule has 0 aromatic heterocycles. The van der Waals surface area contributed by atoms with Crippen molar-refractivity contribution in [1.82, 2.24) is 0 Å². The smallest absolute Gasteiger partial charge is 0.0508 e. The molecule has 1 aromatic carbocycles. The van der Waals surface area contributed by atoms with Crippen LogP contribution in [0.1, 0.15) is 12.0 Å². The van der Waals surface area contributed by atoms with Gasteiger partial charge in [-0.1, -0.05) is 15.9 Å². The molecule has 1 heterocycles. The van der Waals surface area contributed by atoms with Gasteiger partial charge in [0.1, 0.15) is 0 Å². The number of hydrogen-bond donors (Lipinski definition) is 1. The van der Waals surface area contributed by atoms with Crippen LogP contribution in [0.5, 0.6) is 0 Å². The van der Waals surface area contributed by atoms with E-state index in [9.17, 15) is 0 Å². The summed E-state index contributed by atoms with van der Waals surface area (Å²) in [5.41, 5.74) is 8.37. The van der Waals surface area contributed by atoms with Crippen molar-refractivity contribution in [3.63, 3.8) is 0 Å². The average Bonchev–Trinajstić information content (AvgIpc) is 2.79. The molecule has 0 aliphatic carbocycles. The Bertz CT molecular complexity index is 397. The number of anilines is 1. The molecule has 0 bridgehead atoms. The molecule has 2 N–H and O–H groups in total. The maximum Gasteiger partial charge on any atom is 0.0508 e. The standard InChI is InChI=1S/C14H21BrN2O/c1-18-10-11-5-7-17(9-11)14-3-2-13(15)8-12(14)4-6-16/h2-3,8,11H,4-7,9-10,16H2,1H3. The van der Waals surface area contributed by atoms with Gasteiger partial charge in [-0.2, -0.15) is 0 Å². The second-order valence-corrected chi connectivity index (χ2v) is 5.78. The lowest BCUT2D eigenvalue weighted by Gasteiger charge is -2.22. The van der Waals surface area contributed by atoms with E-state index < -0.39 is 0 Å². The summed E-state index contributed by atoms with van der Waals surface area (Å²) in [6.07, 6.45) is 2.15. The van der Waals surface area contributed by atoms with Gasteiger partial charge in [-0.15, -0.1) is 0 Å². The van der Waals surface area contributed by atoms with E-state index >= 15 is 0 Å². The average molecular weight is 313 g/mol. The van der Waals surface area contributed by atoms with Gasteiger partial charge in [0, 0.05) is 36.3 Å². The van der Waals surface area contributed by atoms with Gasteiger partial charge >= 0.3 is 0 Å². The normalized spacial score (nSPS) is 19.5. The maximum atomic E-state index is 5.70. The van der Waals surface area contributed by atoms with Crippen LogP contribution >= 0.6 is 15.9 Å². The summed E-state index contributed by atoms with van der Waals surface area (Å²) in [6, 6.07) is 6.50. The Morgan fingerprint density at radius 3 is 3.06 bits per heavy atom. The number of nitrogens with two attached hydrogens (primary N) is 1. The van der Waals surface area contributed by atoms with E-state index in [1.54, 1.807) is 7.11 Å². The fraction of sp³-hybridized carbons (Fsp3) is 0.571. The van der Waals surface area contributed by atoms with E-state index in [4.69, 9.17) is 10.5 Å². The molecule has 1 aliphatic rings. The summed E-state index contributed by atoms with van der Waals surface area (Å²) in [5, 5.41) is 0. The quantitative estimate of drug-likeness (QED) is 0.907. The van der Waals surface area contributed by atoms with Crippen LogP contribution in [0.25, 0.3) is 0 Å². The Morgan fingerprint density at radius 2 is 2.33 bits per heavy atom. The second-order valence-electron chi connectivity index (χ2n) is 4.87. The summed E-state index contributed by atoms with van der Waals surface area (Å²) in [7, 11) is 1.78. The zero-order valence-electron chi connectivity index (χ0n) is 10.9. The lowest BCUT2D eigenvalue weighted by Crippen LogP contribution is -2.22. The molecule has 0 radical (unpaired) electrons. The van der Waals surface area contributed by atoms with Crippen molar-refractivity contribution in [3.8, 4) is 0 Å². The van der Waals surface area contributed by atoms with Crippen molar-refractivity contribution in [3.05, 3.63) is 28.2 Å². The predicted octanol–water partition coefficient (Wildman–Crippen LogP) is 2.42. The van der Waals surface area contributed by atoms with Gasteiger partial charge in [-0.25, -0.2) is 0 Å². The Morgan fingerprint density at radius 1 is 1.50 bits per heavy atom. The molecule has 1 aliphatic heterocycles. The number of hydrogen-bond acceptors (Lipinski definition) is 3. The summed E-state index contributed by atoms with van der Waals surface area (Å²) in [6.45, 7) is 3.76. The molecule has 1 saturated heterocycles. The highest BCUT2D eigenvalue weighted by atomic mass is 79.9. The first kappa shape index (κ1) is 13.8. The van der Waals surface area contributed by atoms with Crippen LogP contribution < -0.4 is 10.6 Å². The number of benzene rings is 1. The van der Waals surface area contributed by atoms with Crippen LogP contribution in [0, 0.1) is 5.92 Å². The second kappa shape index (κ2) is 6.55. The molecule has 2 rings (SSSR count). The molecule has 0 spiro atoms. The van der Waals surface area contributed by atoms with E-state index in [2.05, 4.69) is 39.0 Å². The molecule has 1 fully saturated rings. The number of nitrogens with zero attached hydrogens (tertiary/aromatic N) is 1. The van der Waals surface area contributed by atoms with Crippen molar-refractivity contribution in [2.24, 2.45) is 11.7 Å². The Balaban J connectivity index is 2.13. The fourth-order valence-electron chi connectivity index (χ4n) is 2.64. The molecule has 3 nitrogen and oxygen atoms in total. The number of methoxy groups -OCH3 is 1. The molecule has 18 heavy (non-hydrogen) atoms. The first-order valence-electron chi connectivity index (χ1n) is 6.47. The van der Waals surface area contributed by atoms with Gasteiger partial charge in [0.05, 0.1) is 6.61 Å². The number of ether oxygens (including phenoxy) is 1. The van der Waals surface area contributed by atoms with Crippen molar-refractivity contribution in [2.45, 2.75) is 12.8 Å². The van der Waals surface area contributed by atoms with Crippen molar-refractivity contribution in [1.29, 1.82) is 0 Å². The third kappa shape index (κ3) is 3.25. The van der Waals surface area contributed by atoms with E-state index in [-0.39, 0.29) is 0 Å². The minimum Gasteiger partial charge on any atom is -0.384 e. The Hall–Kier alpha value is -0.580. The third-order valence-electron chi connectivity index (χ3n) is 3.48. The molecule has 1 unspecified atom stereocenters. The van der Waals surface area contributed by atoms with Crippen LogP contribution in [-0.4, -0.2) is 33.4 Å². The van der Waals surface area contributed by atoms with E-state index in [0.29, 0.717) is 12.5 Å². The molecule has 1 atom stereocenters. The minimum absolute atomic E-state index is 0.657. The van der Waals surface area contributed by atoms with Gasteiger partial charge in [-0.05, 0) is 43.1 Å². The molecule has 0 saturated carbocycles. The molecular weight excluding hydrogens is 292 g/mol. The molecule has 1 aromatic rings. The lowest BCUT2D eigenvalue weighted by molar-refractivity contribution is 0.161. The molecule has 100 valence electrons. The van der Waals surface area contributed by atoms with Crippen molar-refractivity contribution in [2.75, 3.05) is 38.3 Å². The number of rotatable bonds is 5. The zero-order chi connectivity index (χ0) is 13.0. The Kier molecular flexibility index (Phi) is 5.03. The van der Waals surface area contributed by atoms with Crippen LogP contribution in [0.4, 0.5) is 5.69 Å². The monoisotopic (exact) mass is 312 g/mol. The van der Waals surface area contributed by atoms with Crippen molar-refractivity contribution < 1.29 is 4.74 Å². The van der Waals surface area contributed by atoms with E-state index in [1.165, 1.54) is 17.7 Å². The maximum absolute atomic E-state index is 5.70. The first-order chi connectivity index (χ1) is 8.74.